The Morgan fingerprint density at radius 3 is 2.76 bits per heavy atom. The molecular formula is C12H25N3O2. The van der Waals surface area contributed by atoms with Gasteiger partial charge in [0.15, 0.2) is 0 Å². The van der Waals surface area contributed by atoms with Crippen molar-refractivity contribution in [2.75, 3.05) is 26.8 Å². The summed E-state index contributed by atoms with van der Waals surface area (Å²) in [5, 5.41) is 0. The van der Waals surface area contributed by atoms with Crippen LogP contribution in [-0.4, -0.2) is 43.7 Å². The van der Waals surface area contributed by atoms with Crippen molar-refractivity contribution in [2.45, 2.75) is 39.2 Å². The van der Waals surface area contributed by atoms with Crippen molar-refractivity contribution in [1.82, 2.24) is 10.3 Å². The second-order valence-corrected chi connectivity index (χ2v) is 5.53. The highest BCUT2D eigenvalue weighted by Gasteiger charge is 2.30. The number of hydrogen-bond acceptors (Lipinski definition) is 4. The predicted octanol–water partition coefficient (Wildman–Crippen LogP) is 0.503. The highest BCUT2D eigenvalue weighted by molar-refractivity contribution is 5.81. The quantitative estimate of drug-likeness (QED) is 0.429. The SMILES string of the molecule is COCC(C(=O)NN)N1CCCC(C)(C)CC1. The summed E-state index contributed by atoms with van der Waals surface area (Å²) in [6.07, 6.45) is 3.42. The minimum Gasteiger partial charge on any atom is -0.383 e. The molecule has 1 atom stereocenters. The average Bonchev–Trinajstić information content (AvgIpc) is 2.46. The lowest BCUT2D eigenvalue weighted by Crippen LogP contribution is -2.51. The Bertz CT molecular complexity index is 256. The molecule has 0 radical (unpaired) electrons. The number of nitrogens with two attached hydrogens (primary N) is 1. The molecule has 0 saturated carbocycles. The zero-order valence-corrected chi connectivity index (χ0v) is 11.2. The molecule has 0 aromatic heterocycles. The summed E-state index contributed by atoms with van der Waals surface area (Å²) in [7, 11) is 1.61. The number of rotatable bonds is 4. The van der Waals surface area contributed by atoms with Gasteiger partial charge < -0.3 is 4.74 Å². The second-order valence-electron chi connectivity index (χ2n) is 5.53. The molecular weight excluding hydrogens is 218 g/mol. The first-order chi connectivity index (χ1) is 8.00. The lowest BCUT2D eigenvalue weighted by atomic mass is 9.85. The van der Waals surface area contributed by atoms with Gasteiger partial charge in [-0.05, 0) is 37.8 Å². The van der Waals surface area contributed by atoms with Gasteiger partial charge in [0.1, 0.15) is 6.04 Å². The van der Waals surface area contributed by atoms with Gasteiger partial charge in [-0.15, -0.1) is 0 Å². The molecule has 3 N–H and O–H groups in total. The van der Waals surface area contributed by atoms with Crippen molar-refractivity contribution in [3.63, 3.8) is 0 Å². The Morgan fingerprint density at radius 2 is 2.18 bits per heavy atom. The molecule has 0 aliphatic carbocycles. The number of carbonyl (C=O) groups is 1. The first-order valence-electron chi connectivity index (χ1n) is 6.23. The largest absolute Gasteiger partial charge is 0.383 e. The van der Waals surface area contributed by atoms with Gasteiger partial charge in [-0.2, -0.15) is 0 Å². The summed E-state index contributed by atoms with van der Waals surface area (Å²) in [6.45, 7) is 6.82. The van der Waals surface area contributed by atoms with E-state index in [4.69, 9.17) is 10.6 Å². The molecule has 1 unspecified atom stereocenters. The summed E-state index contributed by atoms with van der Waals surface area (Å²) in [5.74, 6) is 5.06. The number of likely N-dealkylation sites (tertiary alicyclic amines) is 1. The van der Waals surface area contributed by atoms with E-state index in [9.17, 15) is 4.79 Å². The Kier molecular flexibility index (Phi) is 5.36. The third-order valence-electron chi connectivity index (χ3n) is 3.58. The monoisotopic (exact) mass is 243 g/mol. The minimum absolute atomic E-state index is 0.161. The van der Waals surface area contributed by atoms with Crippen LogP contribution in [0, 0.1) is 5.41 Å². The maximum Gasteiger partial charge on any atom is 0.253 e. The van der Waals surface area contributed by atoms with Crippen LogP contribution in [0.4, 0.5) is 0 Å². The van der Waals surface area contributed by atoms with Gasteiger partial charge in [0.05, 0.1) is 6.61 Å². The fraction of sp³-hybridized carbons (Fsp3) is 0.917. The average molecular weight is 243 g/mol. The number of nitrogens with one attached hydrogen (secondary N) is 1. The van der Waals surface area contributed by atoms with Gasteiger partial charge in [-0.25, -0.2) is 5.84 Å². The van der Waals surface area contributed by atoms with E-state index in [1.807, 2.05) is 0 Å². The summed E-state index contributed by atoms with van der Waals surface area (Å²) in [4.78, 5) is 13.9. The predicted molar refractivity (Wildman–Crippen MR) is 67.2 cm³/mol. The Morgan fingerprint density at radius 1 is 1.47 bits per heavy atom. The molecule has 100 valence electrons. The lowest BCUT2D eigenvalue weighted by molar-refractivity contribution is -0.128. The fourth-order valence-corrected chi connectivity index (χ4v) is 2.36. The van der Waals surface area contributed by atoms with Crippen molar-refractivity contribution >= 4 is 5.91 Å². The summed E-state index contributed by atoms with van der Waals surface area (Å²) in [6, 6.07) is -0.265. The molecule has 17 heavy (non-hydrogen) atoms. The molecule has 1 saturated heterocycles. The normalized spacial score (nSPS) is 22.8. The van der Waals surface area contributed by atoms with Crippen LogP contribution in [-0.2, 0) is 9.53 Å². The standard InChI is InChI=1S/C12H25N3O2/c1-12(2)5-4-7-15(8-6-12)10(9-17-3)11(16)14-13/h10H,4-9,13H2,1-3H3,(H,14,16). The van der Waals surface area contributed by atoms with Crippen molar-refractivity contribution in [3.8, 4) is 0 Å². The van der Waals surface area contributed by atoms with Gasteiger partial charge >= 0.3 is 0 Å². The third-order valence-corrected chi connectivity index (χ3v) is 3.58. The smallest absolute Gasteiger partial charge is 0.253 e. The first kappa shape index (κ1) is 14.4. The van der Waals surface area contributed by atoms with E-state index in [0.29, 0.717) is 12.0 Å². The molecule has 0 aromatic carbocycles. The van der Waals surface area contributed by atoms with Crippen LogP contribution in [0.25, 0.3) is 0 Å². The van der Waals surface area contributed by atoms with Crippen LogP contribution in [0.5, 0.6) is 0 Å². The van der Waals surface area contributed by atoms with E-state index in [1.165, 1.54) is 6.42 Å². The molecule has 1 amide bonds. The molecule has 0 spiro atoms. The number of methoxy groups -OCH3 is 1. The molecule has 5 heteroatoms. The van der Waals surface area contributed by atoms with Gasteiger partial charge in [-0.3, -0.25) is 15.1 Å². The van der Waals surface area contributed by atoms with Gasteiger partial charge in [0, 0.05) is 7.11 Å². The van der Waals surface area contributed by atoms with E-state index in [-0.39, 0.29) is 11.9 Å². The zero-order chi connectivity index (χ0) is 12.9. The first-order valence-corrected chi connectivity index (χ1v) is 6.23. The van der Waals surface area contributed by atoms with Crippen molar-refractivity contribution < 1.29 is 9.53 Å². The van der Waals surface area contributed by atoms with Crippen molar-refractivity contribution in [3.05, 3.63) is 0 Å². The number of ether oxygens (including phenoxy) is 1. The third kappa shape index (κ3) is 4.26. The number of hydrazine groups is 1. The topological polar surface area (TPSA) is 67.6 Å². The van der Waals surface area contributed by atoms with Crippen LogP contribution >= 0.6 is 0 Å². The lowest BCUT2D eigenvalue weighted by Gasteiger charge is -2.29. The maximum absolute atomic E-state index is 11.7. The van der Waals surface area contributed by atoms with Crippen molar-refractivity contribution in [1.29, 1.82) is 0 Å². The number of hydrogen-bond donors (Lipinski definition) is 2. The zero-order valence-electron chi connectivity index (χ0n) is 11.2. The second kappa shape index (κ2) is 6.33. The van der Waals surface area contributed by atoms with Gasteiger partial charge in [0.2, 0.25) is 0 Å². The number of carbonyl (C=O) groups excluding carboxylic acids is 1. The van der Waals surface area contributed by atoms with E-state index in [2.05, 4.69) is 24.2 Å². The van der Waals surface area contributed by atoms with Gasteiger partial charge in [-0.1, -0.05) is 13.8 Å². The number of nitrogens with zero attached hydrogens (tertiary/aromatic N) is 1. The minimum atomic E-state index is -0.265. The molecule has 1 rings (SSSR count). The van der Waals surface area contributed by atoms with Crippen LogP contribution in [0.2, 0.25) is 0 Å². The van der Waals surface area contributed by atoms with Crippen LogP contribution in [0.3, 0.4) is 0 Å². The highest BCUT2D eigenvalue weighted by Crippen LogP contribution is 2.30. The fourth-order valence-electron chi connectivity index (χ4n) is 2.36. The van der Waals surface area contributed by atoms with E-state index >= 15 is 0 Å². The molecule has 5 nitrogen and oxygen atoms in total. The van der Waals surface area contributed by atoms with E-state index < -0.39 is 0 Å². The molecule has 1 aliphatic rings. The molecule has 1 fully saturated rings. The van der Waals surface area contributed by atoms with Crippen LogP contribution < -0.4 is 11.3 Å². The van der Waals surface area contributed by atoms with E-state index in [1.54, 1.807) is 7.11 Å². The summed E-state index contributed by atoms with van der Waals surface area (Å²) < 4.78 is 5.11. The summed E-state index contributed by atoms with van der Waals surface area (Å²) in [5.41, 5.74) is 2.59. The van der Waals surface area contributed by atoms with E-state index in [0.717, 1.165) is 25.9 Å². The number of amides is 1. The Labute approximate surface area is 104 Å². The molecule has 0 aromatic rings. The Hall–Kier alpha value is -0.650. The van der Waals surface area contributed by atoms with Crippen LogP contribution in [0.1, 0.15) is 33.1 Å². The Balaban J connectivity index is 2.64. The molecule has 0 bridgehead atoms. The van der Waals surface area contributed by atoms with Crippen molar-refractivity contribution in [2.24, 2.45) is 11.3 Å². The van der Waals surface area contributed by atoms with Gasteiger partial charge in [0.25, 0.3) is 5.91 Å². The van der Waals surface area contributed by atoms with Crippen LogP contribution in [0.15, 0.2) is 0 Å². The molecule has 1 heterocycles. The maximum atomic E-state index is 11.7. The summed E-state index contributed by atoms with van der Waals surface area (Å²) >= 11 is 0. The molecule has 1 aliphatic heterocycles. The highest BCUT2D eigenvalue weighted by atomic mass is 16.5.